The Bertz CT molecular complexity index is 519. The molecule has 1 aromatic rings. The lowest BCUT2D eigenvalue weighted by Gasteiger charge is -2.21. The molecule has 4 heteroatoms. The van der Waals surface area contributed by atoms with E-state index in [9.17, 15) is 4.79 Å². The van der Waals surface area contributed by atoms with Crippen LogP contribution < -0.4 is 10.6 Å². The van der Waals surface area contributed by atoms with Gasteiger partial charge in [0.15, 0.2) is 0 Å². The van der Waals surface area contributed by atoms with Crippen LogP contribution in [0.2, 0.25) is 0 Å². The summed E-state index contributed by atoms with van der Waals surface area (Å²) >= 11 is 0. The molecule has 1 aromatic carbocycles. The molecule has 0 bridgehead atoms. The van der Waals surface area contributed by atoms with E-state index in [1.54, 1.807) is 6.07 Å². The third-order valence-corrected chi connectivity index (χ3v) is 2.29. The maximum absolute atomic E-state index is 11.8. The summed E-state index contributed by atoms with van der Waals surface area (Å²) in [6.07, 6.45) is 0. The molecule has 0 aliphatic heterocycles. The van der Waals surface area contributed by atoms with E-state index in [1.165, 1.54) is 0 Å². The molecule has 0 spiro atoms. The van der Waals surface area contributed by atoms with Crippen LogP contribution in [0.5, 0.6) is 0 Å². The fourth-order valence-electron chi connectivity index (χ4n) is 1.47. The van der Waals surface area contributed by atoms with Crippen molar-refractivity contribution in [2.75, 3.05) is 11.9 Å². The van der Waals surface area contributed by atoms with Gasteiger partial charge in [-0.3, -0.25) is 0 Å². The van der Waals surface area contributed by atoms with E-state index in [0.29, 0.717) is 5.69 Å². The molecule has 4 nitrogen and oxygen atoms in total. The minimum absolute atomic E-state index is 0.179. The van der Waals surface area contributed by atoms with Crippen LogP contribution in [-0.2, 0) is 0 Å². The van der Waals surface area contributed by atoms with Crippen molar-refractivity contribution < 1.29 is 9.90 Å². The lowest BCUT2D eigenvalue weighted by Crippen LogP contribution is -2.43. The first-order chi connectivity index (χ1) is 8.81. The third-order valence-electron chi connectivity index (χ3n) is 2.29. The zero-order valence-electron chi connectivity index (χ0n) is 11.8. The Labute approximate surface area is 114 Å². The standard InChI is InChI=1S/C15H20N2O2/c1-11-7-8-12(6-5-9-18)10-13(11)16-14(19)17-15(2,3)4/h7-8,10,18H,9H2,1-4H3,(H2,16,17,19). The molecule has 0 aliphatic rings. The average molecular weight is 260 g/mol. The molecule has 0 saturated carbocycles. The van der Waals surface area contributed by atoms with Crippen LogP contribution in [0.3, 0.4) is 0 Å². The molecule has 2 amide bonds. The van der Waals surface area contributed by atoms with Crippen LogP contribution >= 0.6 is 0 Å². The lowest BCUT2D eigenvalue weighted by atomic mass is 10.1. The Balaban J connectivity index is 2.85. The van der Waals surface area contributed by atoms with Crippen molar-refractivity contribution in [3.63, 3.8) is 0 Å². The minimum atomic E-state index is -0.285. The van der Waals surface area contributed by atoms with Crippen molar-refractivity contribution in [1.82, 2.24) is 5.32 Å². The van der Waals surface area contributed by atoms with Crippen LogP contribution in [0.15, 0.2) is 18.2 Å². The molecule has 1 rings (SSSR count). The molecule has 0 saturated heterocycles. The van der Waals surface area contributed by atoms with Gasteiger partial charge in [-0.25, -0.2) is 4.79 Å². The molecule has 0 atom stereocenters. The van der Waals surface area contributed by atoms with Gasteiger partial charge in [0, 0.05) is 16.8 Å². The predicted molar refractivity (Wildman–Crippen MR) is 77.1 cm³/mol. The van der Waals surface area contributed by atoms with E-state index in [0.717, 1.165) is 11.1 Å². The van der Waals surface area contributed by atoms with E-state index >= 15 is 0 Å². The number of aliphatic hydroxyl groups is 1. The number of hydrogen-bond donors (Lipinski definition) is 3. The van der Waals surface area contributed by atoms with Gasteiger partial charge in [-0.15, -0.1) is 0 Å². The summed E-state index contributed by atoms with van der Waals surface area (Å²) in [5, 5.41) is 14.3. The van der Waals surface area contributed by atoms with E-state index in [1.807, 2.05) is 39.8 Å². The second kappa shape index (κ2) is 6.26. The van der Waals surface area contributed by atoms with Gasteiger partial charge in [-0.05, 0) is 45.4 Å². The molecular weight excluding hydrogens is 240 g/mol. The maximum atomic E-state index is 11.8. The fourth-order valence-corrected chi connectivity index (χ4v) is 1.47. The van der Waals surface area contributed by atoms with E-state index in [-0.39, 0.29) is 18.2 Å². The van der Waals surface area contributed by atoms with Gasteiger partial charge in [0.25, 0.3) is 0 Å². The van der Waals surface area contributed by atoms with Crippen molar-refractivity contribution in [3.05, 3.63) is 29.3 Å². The monoisotopic (exact) mass is 260 g/mol. The largest absolute Gasteiger partial charge is 0.384 e. The summed E-state index contributed by atoms with van der Waals surface area (Å²) in [4.78, 5) is 11.8. The Hall–Kier alpha value is -1.99. The summed E-state index contributed by atoms with van der Waals surface area (Å²) in [5.74, 6) is 5.39. The van der Waals surface area contributed by atoms with Crippen LogP contribution in [0, 0.1) is 18.8 Å². The van der Waals surface area contributed by atoms with Gasteiger partial charge in [0.2, 0.25) is 0 Å². The Morgan fingerprint density at radius 2 is 2.05 bits per heavy atom. The molecule has 3 N–H and O–H groups in total. The lowest BCUT2D eigenvalue weighted by molar-refractivity contribution is 0.244. The highest BCUT2D eigenvalue weighted by Crippen LogP contribution is 2.16. The number of carbonyl (C=O) groups is 1. The van der Waals surface area contributed by atoms with Gasteiger partial charge in [-0.2, -0.15) is 0 Å². The second-order valence-electron chi connectivity index (χ2n) is 5.32. The Kier molecular flexibility index (Phi) is 4.96. The molecule has 0 unspecified atom stereocenters. The quantitative estimate of drug-likeness (QED) is 0.678. The number of carbonyl (C=O) groups excluding carboxylic acids is 1. The predicted octanol–water partition coefficient (Wildman–Crippen LogP) is 2.26. The molecule has 19 heavy (non-hydrogen) atoms. The molecule has 0 aliphatic carbocycles. The van der Waals surface area contributed by atoms with Crippen LogP contribution in [0.25, 0.3) is 0 Å². The first-order valence-electron chi connectivity index (χ1n) is 6.11. The molecule has 0 aromatic heterocycles. The zero-order chi connectivity index (χ0) is 14.5. The molecule has 0 radical (unpaired) electrons. The summed E-state index contributed by atoms with van der Waals surface area (Å²) < 4.78 is 0. The Morgan fingerprint density at radius 3 is 2.63 bits per heavy atom. The number of hydrogen-bond acceptors (Lipinski definition) is 2. The van der Waals surface area contributed by atoms with E-state index < -0.39 is 0 Å². The fraction of sp³-hybridized carbons (Fsp3) is 0.400. The maximum Gasteiger partial charge on any atom is 0.319 e. The highest BCUT2D eigenvalue weighted by Gasteiger charge is 2.14. The summed E-state index contributed by atoms with van der Waals surface area (Å²) in [5.41, 5.74) is 2.14. The second-order valence-corrected chi connectivity index (χ2v) is 5.32. The van der Waals surface area contributed by atoms with Gasteiger partial charge < -0.3 is 15.7 Å². The van der Waals surface area contributed by atoms with Crippen molar-refractivity contribution in [2.45, 2.75) is 33.2 Å². The van der Waals surface area contributed by atoms with Gasteiger partial charge >= 0.3 is 6.03 Å². The Morgan fingerprint density at radius 1 is 1.37 bits per heavy atom. The van der Waals surface area contributed by atoms with Gasteiger partial charge in [0.1, 0.15) is 6.61 Å². The smallest absolute Gasteiger partial charge is 0.319 e. The molecule has 102 valence electrons. The van der Waals surface area contributed by atoms with Crippen LogP contribution in [0.1, 0.15) is 31.9 Å². The number of aliphatic hydroxyl groups excluding tert-OH is 1. The summed E-state index contributed by atoms with van der Waals surface area (Å²) in [7, 11) is 0. The van der Waals surface area contributed by atoms with Crippen LogP contribution in [-0.4, -0.2) is 23.3 Å². The highest BCUT2D eigenvalue weighted by atomic mass is 16.2. The number of aryl methyl sites for hydroxylation is 1. The van der Waals surface area contributed by atoms with Gasteiger partial charge in [0.05, 0.1) is 0 Å². The van der Waals surface area contributed by atoms with Crippen molar-refractivity contribution >= 4 is 11.7 Å². The highest BCUT2D eigenvalue weighted by molar-refractivity contribution is 5.90. The normalized spacial score (nSPS) is 10.4. The molecule has 0 heterocycles. The SMILES string of the molecule is Cc1ccc(C#CCO)cc1NC(=O)NC(C)(C)C. The number of nitrogens with one attached hydrogen (secondary N) is 2. The van der Waals surface area contributed by atoms with E-state index in [4.69, 9.17) is 5.11 Å². The van der Waals surface area contributed by atoms with Gasteiger partial charge in [-0.1, -0.05) is 17.9 Å². The number of amides is 2. The molecule has 0 fully saturated rings. The van der Waals surface area contributed by atoms with Crippen molar-refractivity contribution in [1.29, 1.82) is 0 Å². The first-order valence-corrected chi connectivity index (χ1v) is 6.11. The first kappa shape index (κ1) is 15.1. The third kappa shape index (κ3) is 5.45. The van der Waals surface area contributed by atoms with E-state index in [2.05, 4.69) is 22.5 Å². The number of rotatable bonds is 1. The van der Waals surface area contributed by atoms with Crippen molar-refractivity contribution in [2.24, 2.45) is 0 Å². The van der Waals surface area contributed by atoms with Crippen LogP contribution in [0.4, 0.5) is 10.5 Å². The topological polar surface area (TPSA) is 61.4 Å². The average Bonchev–Trinajstić information content (AvgIpc) is 2.27. The molecular formula is C15H20N2O2. The zero-order valence-corrected chi connectivity index (χ0v) is 11.8. The number of benzene rings is 1. The summed E-state index contributed by atoms with van der Waals surface area (Å²) in [6, 6.07) is 5.28. The summed E-state index contributed by atoms with van der Waals surface area (Å²) in [6.45, 7) is 7.49. The number of urea groups is 1. The van der Waals surface area contributed by atoms with Crippen molar-refractivity contribution in [3.8, 4) is 11.8 Å². The number of anilines is 1. The minimum Gasteiger partial charge on any atom is -0.384 e.